The van der Waals surface area contributed by atoms with E-state index in [2.05, 4.69) is 40.0 Å². The quantitative estimate of drug-likeness (QED) is 0.901. The Hall–Kier alpha value is 0.390. The molecule has 0 amide bonds. The van der Waals surface area contributed by atoms with Crippen LogP contribution in [0.2, 0.25) is 0 Å². The summed E-state index contributed by atoms with van der Waals surface area (Å²) in [6.07, 6.45) is 2.72. The molecule has 1 heterocycles. The number of hydrogen-bond acceptors (Lipinski definition) is 3. The molecule has 0 saturated heterocycles. The van der Waals surface area contributed by atoms with Gasteiger partial charge < -0.3 is 5.73 Å². The molecule has 2 rings (SSSR count). The third-order valence-corrected chi connectivity index (χ3v) is 4.62. The zero-order valence-corrected chi connectivity index (χ0v) is 12.6. The van der Waals surface area contributed by atoms with E-state index in [4.69, 9.17) is 5.73 Å². The van der Waals surface area contributed by atoms with Crippen molar-refractivity contribution in [2.24, 2.45) is 11.7 Å². The highest BCUT2D eigenvalue weighted by Crippen LogP contribution is 2.35. The molecule has 92 valence electrons. The summed E-state index contributed by atoms with van der Waals surface area (Å²) in [5.74, 6) is 0.850. The fourth-order valence-electron chi connectivity index (χ4n) is 2.01. The summed E-state index contributed by atoms with van der Waals surface area (Å²) in [7, 11) is 2.18. The van der Waals surface area contributed by atoms with Crippen LogP contribution >= 0.6 is 39.7 Å². The van der Waals surface area contributed by atoms with Gasteiger partial charge in [0.25, 0.3) is 0 Å². The minimum absolute atomic E-state index is 0. The summed E-state index contributed by atoms with van der Waals surface area (Å²) in [6.45, 7) is 1.81. The molecule has 2 N–H and O–H groups in total. The minimum Gasteiger partial charge on any atom is -0.329 e. The summed E-state index contributed by atoms with van der Waals surface area (Å²) in [5.41, 5.74) is 5.83. The van der Waals surface area contributed by atoms with E-state index in [1.165, 1.54) is 21.5 Å². The van der Waals surface area contributed by atoms with Crippen LogP contribution in [0.25, 0.3) is 0 Å². The lowest BCUT2D eigenvalue weighted by Crippen LogP contribution is -2.38. The van der Waals surface area contributed by atoms with Crippen LogP contribution in [-0.2, 0) is 6.54 Å². The number of rotatable bonds is 5. The van der Waals surface area contributed by atoms with Gasteiger partial charge in [0.05, 0.1) is 3.79 Å². The van der Waals surface area contributed by atoms with Crippen molar-refractivity contribution in [3.8, 4) is 0 Å². The molecule has 1 atom stereocenters. The highest BCUT2D eigenvalue weighted by molar-refractivity contribution is 9.11. The molecule has 1 aromatic heterocycles. The fourth-order valence-corrected chi connectivity index (χ4v) is 3.56. The van der Waals surface area contributed by atoms with Gasteiger partial charge >= 0.3 is 0 Å². The Labute approximate surface area is 116 Å². The van der Waals surface area contributed by atoms with Crippen molar-refractivity contribution in [2.75, 3.05) is 13.6 Å². The first-order valence-corrected chi connectivity index (χ1v) is 6.96. The van der Waals surface area contributed by atoms with Gasteiger partial charge in [-0.05, 0) is 53.9 Å². The zero-order valence-electron chi connectivity index (χ0n) is 9.36. The summed E-state index contributed by atoms with van der Waals surface area (Å²) in [4.78, 5) is 3.80. The summed E-state index contributed by atoms with van der Waals surface area (Å²) >= 11 is 5.30. The van der Waals surface area contributed by atoms with Crippen molar-refractivity contribution in [1.82, 2.24) is 4.90 Å². The summed E-state index contributed by atoms with van der Waals surface area (Å²) in [5, 5.41) is 0. The second-order valence-corrected chi connectivity index (χ2v) is 6.81. The standard InChI is InChI=1S/C11H17BrN2S.ClH/c1-14(10(6-13)8-2-3-8)7-9-4-5-11(12)15-9;/h4-5,8,10H,2-3,6-7,13H2,1H3;1H. The molecule has 1 saturated carbocycles. The van der Waals surface area contributed by atoms with Crippen molar-refractivity contribution in [2.45, 2.75) is 25.4 Å². The van der Waals surface area contributed by atoms with E-state index in [1.54, 1.807) is 0 Å². The first kappa shape index (κ1) is 14.5. The van der Waals surface area contributed by atoms with Crippen LogP contribution in [0.15, 0.2) is 15.9 Å². The van der Waals surface area contributed by atoms with E-state index in [0.717, 1.165) is 19.0 Å². The molecule has 5 heteroatoms. The third-order valence-electron chi connectivity index (χ3n) is 3.01. The smallest absolute Gasteiger partial charge is 0.0701 e. The Morgan fingerprint density at radius 3 is 2.69 bits per heavy atom. The lowest BCUT2D eigenvalue weighted by atomic mass is 10.1. The number of nitrogens with zero attached hydrogens (tertiary/aromatic N) is 1. The van der Waals surface area contributed by atoms with Gasteiger partial charge in [0, 0.05) is 24.0 Å². The van der Waals surface area contributed by atoms with Gasteiger partial charge in [0.15, 0.2) is 0 Å². The molecule has 0 aliphatic heterocycles. The maximum atomic E-state index is 5.83. The highest BCUT2D eigenvalue weighted by Gasteiger charge is 2.32. The largest absolute Gasteiger partial charge is 0.329 e. The Balaban J connectivity index is 0.00000128. The van der Waals surface area contributed by atoms with Crippen molar-refractivity contribution in [3.63, 3.8) is 0 Å². The van der Waals surface area contributed by atoms with Gasteiger partial charge in [-0.15, -0.1) is 23.7 Å². The molecule has 0 radical (unpaired) electrons. The van der Waals surface area contributed by atoms with E-state index >= 15 is 0 Å². The van der Waals surface area contributed by atoms with E-state index in [9.17, 15) is 0 Å². The molecule has 1 aliphatic rings. The monoisotopic (exact) mass is 324 g/mol. The molecular weight excluding hydrogens is 308 g/mol. The number of thiophene rings is 1. The molecule has 0 bridgehead atoms. The van der Waals surface area contributed by atoms with Crippen LogP contribution in [0.5, 0.6) is 0 Å². The number of halogens is 2. The third kappa shape index (κ3) is 3.70. The Kier molecular flexibility index (Phi) is 5.74. The van der Waals surface area contributed by atoms with Crippen LogP contribution in [0.4, 0.5) is 0 Å². The summed E-state index contributed by atoms with van der Waals surface area (Å²) < 4.78 is 1.21. The Bertz CT molecular complexity index is 328. The molecule has 16 heavy (non-hydrogen) atoms. The molecule has 0 aromatic carbocycles. The fraction of sp³-hybridized carbons (Fsp3) is 0.636. The predicted octanol–water partition coefficient (Wildman–Crippen LogP) is 3.10. The molecule has 2 nitrogen and oxygen atoms in total. The maximum Gasteiger partial charge on any atom is 0.0701 e. The predicted molar refractivity (Wildman–Crippen MR) is 76.3 cm³/mol. The van der Waals surface area contributed by atoms with Crippen LogP contribution in [0.3, 0.4) is 0 Å². The van der Waals surface area contributed by atoms with Crippen LogP contribution in [0.1, 0.15) is 17.7 Å². The normalized spacial score (nSPS) is 17.2. The van der Waals surface area contributed by atoms with Crippen LogP contribution in [-0.4, -0.2) is 24.5 Å². The van der Waals surface area contributed by atoms with E-state index in [0.29, 0.717) is 6.04 Å². The van der Waals surface area contributed by atoms with E-state index in [1.807, 2.05) is 11.3 Å². The molecule has 1 unspecified atom stereocenters. The number of likely N-dealkylation sites (N-methyl/N-ethyl adjacent to an activating group) is 1. The lowest BCUT2D eigenvalue weighted by Gasteiger charge is -2.26. The van der Waals surface area contributed by atoms with Crippen molar-refractivity contribution < 1.29 is 0 Å². The van der Waals surface area contributed by atoms with Gasteiger partial charge in [-0.3, -0.25) is 4.90 Å². The number of hydrogen-bond donors (Lipinski definition) is 1. The van der Waals surface area contributed by atoms with Gasteiger partial charge in [0.1, 0.15) is 0 Å². The topological polar surface area (TPSA) is 29.3 Å². The van der Waals surface area contributed by atoms with Gasteiger partial charge in [-0.2, -0.15) is 0 Å². The first-order valence-electron chi connectivity index (χ1n) is 5.35. The summed E-state index contributed by atoms with van der Waals surface area (Å²) in [6, 6.07) is 4.87. The number of nitrogens with two attached hydrogens (primary N) is 1. The van der Waals surface area contributed by atoms with Gasteiger partial charge in [-0.25, -0.2) is 0 Å². The SMILES string of the molecule is CN(Cc1ccc(Br)s1)C(CN)C1CC1.Cl. The Morgan fingerprint density at radius 2 is 2.25 bits per heavy atom. The zero-order chi connectivity index (χ0) is 10.8. The lowest BCUT2D eigenvalue weighted by molar-refractivity contribution is 0.217. The molecule has 0 spiro atoms. The average molecular weight is 326 g/mol. The Morgan fingerprint density at radius 1 is 1.56 bits per heavy atom. The van der Waals surface area contributed by atoms with Crippen molar-refractivity contribution in [1.29, 1.82) is 0 Å². The first-order chi connectivity index (χ1) is 7.20. The second kappa shape index (κ2) is 6.36. The molecule has 1 fully saturated rings. The second-order valence-electron chi connectivity index (χ2n) is 4.26. The van der Waals surface area contributed by atoms with Gasteiger partial charge in [-0.1, -0.05) is 0 Å². The minimum atomic E-state index is 0. The van der Waals surface area contributed by atoms with E-state index in [-0.39, 0.29) is 12.4 Å². The van der Waals surface area contributed by atoms with Gasteiger partial charge in [0.2, 0.25) is 0 Å². The average Bonchev–Trinajstić information content (AvgIpc) is 2.93. The molecule has 1 aromatic rings. The maximum absolute atomic E-state index is 5.83. The van der Waals surface area contributed by atoms with Crippen molar-refractivity contribution >= 4 is 39.7 Å². The molecule has 1 aliphatic carbocycles. The van der Waals surface area contributed by atoms with Crippen molar-refractivity contribution in [3.05, 3.63) is 20.8 Å². The molecular formula is C11H18BrClN2S. The van der Waals surface area contributed by atoms with E-state index < -0.39 is 0 Å². The highest BCUT2D eigenvalue weighted by atomic mass is 79.9. The van der Waals surface area contributed by atoms with Crippen LogP contribution in [0, 0.1) is 5.92 Å². The van der Waals surface area contributed by atoms with Crippen LogP contribution < -0.4 is 5.73 Å².